The number of ether oxygens (including phenoxy) is 1. The normalized spacial score (nSPS) is 20.0. The minimum atomic E-state index is 0.0551. The lowest BCUT2D eigenvalue weighted by Crippen LogP contribution is -2.49. The average Bonchev–Trinajstić information content (AvgIpc) is 2.86. The van der Waals surface area contributed by atoms with Gasteiger partial charge in [-0.2, -0.15) is 5.26 Å². The van der Waals surface area contributed by atoms with Gasteiger partial charge in [-0.05, 0) is 57.0 Å². The Morgan fingerprint density at radius 2 is 2.03 bits per heavy atom. The predicted molar refractivity (Wildman–Crippen MR) is 133 cm³/mol. The van der Waals surface area contributed by atoms with Crippen LogP contribution in [0.15, 0.2) is 30.5 Å². The Morgan fingerprint density at radius 1 is 1.24 bits per heavy atom. The molecule has 0 radical (unpaired) electrons. The predicted octanol–water partition coefficient (Wildman–Crippen LogP) is 4.71. The third-order valence-corrected chi connectivity index (χ3v) is 7.26. The zero-order valence-corrected chi connectivity index (χ0v) is 20.5. The second kappa shape index (κ2) is 11.0. The molecule has 1 amide bonds. The second-order valence-corrected chi connectivity index (χ2v) is 9.71. The number of amides is 1. The minimum absolute atomic E-state index is 0.0551. The summed E-state index contributed by atoms with van der Waals surface area (Å²) in [4.78, 5) is 21.9. The third-order valence-electron chi connectivity index (χ3n) is 7.26. The van der Waals surface area contributed by atoms with Gasteiger partial charge in [0.25, 0.3) is 0 Å². The zero-order valence-electron chi connectivity index (χ0n) is 20.5. The van der Waals surface area contributed by atoms with Crippen LogP contribution in [0, 0.1) is 24.2 Å². The SMILES string of the molecule is Cc1c(CN2CCN(C)[C@@H](C)C2)ccc(NC(=O)C2CCCCC2)c1Oc1ccnc(C#N)c1. The minimum Gasteiger partial charge on any atom is -0.455 e. The van der Waals surface area contributed by atoms with E-state index in [1.54, 1.807) is 18.3 Å². The number of carbonyl (C=O) groups is 1. The van der Waals surface area contributed by atoms with Gasteiger partial charge in [0.15, 0.2) is 5.75 Å². The molecule has 34 heavy (non-hydrogen) atoms. The van der Waals surface area contributed by atoms with E-state index in [-0.39, 0.29) is 11.8 Å². The first kappa shape index (κ1) is 24.2. The van der Waals surface area contributed by atoms with Crippen LogP contribution in [-0.2, 0) is 11.3 Å². The zero-order chi connectivity index (χ0) is 24.1. The Labute approximate surface area is 202 Å². The van der Waals surface area contributed by atoms with Crippen LogP contribution in [-0.4, -0.2) is 53.4 Å². The lowest BCUT2D eigenvalue weighted by molar-refractivity contribution is -0.120. The summed E-state index contributed by atoms with van der Waals surface area (Å²) in [5, 5.41) is 12.4. The van der Waals surface area contributed by atoms with Gasteiger partial charge in [0, 0.05) is 50.4 Å². The number of anilines is 1. The number of carbonyl (C=O) groups excluding carboxylic acids is 1. The first-order valence-electron chi connectivity index (χ1n) is 12.3. The number of benzene rings is 1. The van der Waals surface area contributed by atoms with Crippen LogP contribution >= 0.6 is 0 Å². The maximum atomic E-state index is 13.0. The fourth-order valence-electron chi connectivity index (χ4n) is 4.90. The summed E-state index contributed by atoms with van der Waals surface area (Å²) in [5.41, 5.74) is 3.16. The lowest BCUT2D eigenvalue weighted by Gasteiger charge is -2.38. The highest BCUT2D eigenvalue weighted by Crippen LogP contribution is 2.37. The number of likely N-dealkylation sites (N-methyl/N-ethyl adjacent to an activating group) is 1. The summed E-state index contributed by atoms with van der Waals surface area (Å²) in [5.74, 6) is 1.30. The third kappa shape index (κ3) is 5.75. The smallest absolute Gasteiger partial charge is 0.227 e. The van der Waals surface area contributed by atoms with Crippen molar-refractivity contribution < 1.29 is 9.53 Å². The van der Waals surface area contributed by atoms with Crippen LogP contribution in [0.5, 0.6) is 11.5 Å². The Bertz CT molecular complexity index is 1060. The van der Waals surface area contributed by atoms with E-state index in [9.17, 15) is 10.1 Å². The van der Waals surface area contributed by atoms with Crippen molar-refractivity contribution in [3.8, 4) is 17.6 Å². The van der Waals surface area contributed by atoms with Gasteiger partial charge in [0.2, 0.25) is 5.91 Å². The van der Waals surface area contributed by atoms with E-state index in [0.29, 0.717) is 28.9 Å². The van der Waals surface area contributed by atoms with Gasteiger partial charge in [-0.3, -0.25) is 9.69 Å². The van der Waals surface area contributed by atoms with Gasteiger partial charge in [-0.15, -0.1) is 0 Å². The van der Waals surface area contributed by atoms with Crippen LogP contribution in [0.25, 0.3) is 0 Å². The highest BCUT2D eigenvalue weighted by Gasteiger charge is 2.25. The average molecular weight is 462 g/mol. The van der Waals surface area contributed by atoms with Crippen molar-refractivity contribution in [1.29, 1.82) is 5.26 Å². The fraction of sp³-hybridized carbons (Fsp3) is 0.519. The number of hydrogen-bond donors (Lipinski definition) is 1. The molecule has 1 aromatic carbocycles. The molecule has 180 valence electrons. The summed E-state index contributed by atoms with van der Waals surface area (Å²) in [6.07, 6.45) is 6.87. The van der Waals surface area contributed by atoms with Crippen molar-refractivity contribution in [1.82, 2.24) is 14.8 Å². The van der Waals surface area contributed by atoms with Crippen molar-refractivity contribution >= 4 is 11.6 Å². The number of nitriles is 1. The standard InChI is InChI=1S/C27H35N5O2/c1-19-17-32(14-13-31(19)3)18-22-9-10-25(30-27(33)21-7-5-4-6-8-21)26(20(22)2)34-24-11-12-29-23(15-24)16-28/h9-12,15,19,21H,4-8,13-14,17-18H2,1-3H3,(H,30,33)/t19-/m0/s1. The second-order valence-electron chi connectivity index (χ2n) is 9.71. The highest BCUT2D eigenvalue weighted by molar-refractivity contribution is 5.94. The van der Waals surface area contributed by atoms with Gasteiger partial charge in [-0.1, -0.05) is 25.3 Å². The quantitative estimate of drug-likeness (QED) is 0.671. The van der Waals surface area contributed by atoms with E-state index in [1.165, 1.54) is 12.0 Å². The molecule has 1 atom stereocenters. The van der Waals surface area contributed by atoms with Crippen molar-refractivity contribution in [3.63, 3.8) is 0 Å². The molecule has 1 aliphatic carbocycles. The fourth-order valence-corrected chi connectivity index (χ4v) is 4.90. The number of rotatable bonds is 6. The van der Waals surface area contributed by atoms with Gasteiger partial charge in [0.1, 0.15) is 17.5 Å². The maximum Gasteiger partial charge on any atom is 0.227 e. The molecule has 1 saturated carbocycles. The molecule has 1 N–H and O–H groups in total. The lowest BCUT2D eigenvalue weighted by atomic mass is 9.88. The first-order chi connectivity index (χ1) is 16.4. The molecular formula is C27H35N5O2. The molecule has 2 aliphatic rings. The van der Waals surface area contributed by atoms with Crippen molar-refractivity contribution in [2.75, 3.05) is 32.0 Å². The van der Waals surface area contributed by atoms with Gasteiger partial charge < -0.3 is 15.0 Å². The summed E-state index contributed by atoms with van der Waals surface area (Å²) in [6, 6.07) is 10.0. The largest absolute Gasteiger partial charge is 0.455 e. The van der Waals surface area contributed by atoms with Crippen molar-refractivity contribution in [2.24, 2.45) is 5.92 Å². The molecule has 1 saturated heterocycles. The van der Waals surface area contributed by atoms with Gasteiger partial charge in [-0.25, -0.2) is 4.98 Å². The van der Waals surface area contributed by atoms with E-state index >= 15 is 0 Å². The van der Waals surface area contributed by atoms with Gasteiger partial charge >= 0.3 is 0 Å². The molecule has 0 bridgehead atoms. The summed E-state index contributed by atoms with van der Waals surface area (Å²) in [6.45, 7) is 8.22. The molecule has 2 aromatic rings. The van der Waals surface area contributed by atoms with Crippen molar-refractivity contribution in [2.45, 2.75) is 58.5 Å². The van der Waals surface area contributed by atoms with Crippen LogP contribution in [0.2, 0.25) is 0 Å². The highest BCUT2D eigenvalue weighted by atomic mass is 16.5. The number of hydrogen-bond acceptors (Lipinski definition) is 6. The number of piperazine rings is 1. The van der Waals surface area contributed by atoms with E-state index in [4.69, 9.17) is 4.74 Å². The Kier molecular flexibility index (Phi) is 7.81. The molecule has 4 rings (SSSR count). The molecule has 7 nitrogen and oxygen atoms in total. The van der Waals surface area contributed by atoms with Crippen LogP contribution in [0.1, 0.15) is 55.8 Å². The Balaban J connectivity index is 1.61. The number of aromatic nitrogens is 1. The monoisotopic (exact) mass is 461 g/mol. The number of nitrogens with one attached hydrogen (secondary N) is 1. The van der Waals surface area contributed by atoms with E-state index in [1.807, 2.05) is 13.0 Å². The van der Waals surface area contributed by atoms with Crippen molar-refractivity contribution in [3.05, 3.63) is 47.3 Å². The van der Waals surface area contributed by atoms with Crippen LogP contribution in [0.3, 0.4) is 0 Å². The maximum absolute atomic E-state index is 13.0. The van der Waals surface area contributed by atoms with E-state index in [0.717, 1.165) is 57.4 Å². The molecule has 2 fully saturated rings. The molecular weight excluding hydrogens is 426 g/mol. The first-order valence-corrected chi connectivity index (χ1v) is 12.3. The van der Waals surface area contributed by atoms with E-state index < -0.39 is 0 Å². The Morgan fingerprint density at radius 3 is 2.76 bits per heavy atom. The molecule has 0 unspecified atom stereocenters. The van der Waals surface area contributed by atoms with Crippen LogP contribution in [0.4, 0.5) is 5.69 Å². The number of pyridine rings is 1. The van der Waals surface area contributed by atoms with Gasteiger partial charge in [0.05, 0.1) is 5.69 Å². The Hall–Kier alpha value is -2.95. The number of nitrogens with zero attached hydrogens (tertiary/aromatic N) is 4. The summed E-state index contributed by atoms with van der Waals surface area (Å²) < 4.78 is 6.31. The molecule has 2 heterocycles. The molecule has 1 aliphatic heterocycles. The summed E-state index contributed by atoms with van der Waals surface area (Å²) in [7, 11) is 2.17. The molecule has 7 heteroatoms. The molecule has 1 aromatic heterocycles. The van der Waals surface area contributed by atoms with Crippen LogP contribution < -0.4 is 10.1 Å². The summed E-state index contributed by atoms with van der Waals surface area (Å²) >= 11 is 0. The van der Waals surface area contributed by atoms with E-state index in [2.05, 4.69) is 46.2 Å². The topological polar surface area (TPSA) is 81.5 Å². The molecule has 0 spiro atoms.